The third kappa shape index (κ3) is 3.72. The molecule has 22 heavy (non-hydrogen) atoms. The van der Waals surface area contributed by atoms with Gasteiger partial charge in [-0.2, -0.15) is 9.97 Å². The molecule has 0 aliphatic rings. The summed E-state index contributed by atoms with van der Waals surface area (Å²) in [4.78, 5) is 19.6. The number of hydrogen-bond donors (Lipinski definition) is 2. The lowest BCUT2D eigenvalue weighted by Crippen LogP contribution is -2.31. The van der Waals surface area contributed by atoms with Gasteiger partial charge >= 0.3 is 5.69 Å². The van der Waals surface area contributed by atoms with Gasteiger partial charge in [0.25, 0.3) is 5.92 Å². The summed E-state index contributed by atoms with van der Waals surface area (Å²) in [7, 11) is 0. The third-order valence-electron chi connectivity index (χ3n) is 2.59. The second kappa shape index (κ2) is 7.01. The number of alkyl halides is 2. The molecule has 3 N–H and O–H groups in total. The van der Waals surface area contributed by atoms with Crippen LogP contribution in [0.15, 0.2) is 4.79 Å². The van der Waals surface area contributed by atoms with Crippen molar-refractivity contribution in [1.29, 1.82) is 0 Å². The SMILES string of the molecule is CC.CC(F)(F)Cn1c(=O)n(CCO)c2nc(N)nc(Cl)c21. The molecule has 124 valence electrons. The van der Waals surface area contributed by atoms with E-state index >= 15 is 0 Å². The summed E-state index contributed by atoms with van der Waals surface area (Å²) in [5, 5.41) is 8.77. The van der Waals surface area contributed by atoms with E-state index in [1.807, 2.05) is 13.8 Å². The summed E-state index contributed by atoms with van der Waals surface area (Å²) in [6.07, 6.45) is 0. The molecule has 2 aromatic heterocycles. The Morgan fingerprint density at radius 2 is 1.91 bits per heavy atom. The van der Waals surface area contributed by atoms with E-state index in [9.17, 15) is 13.6 Å². The summed E-state index contributed by atoms with van der Waals surface area (Å²) in [5.74, 6) is -3.30. The topological polar surface area (TPSA) is 99.0 Å². The van der Waals surface area contributed by atoms with E-state index < -0.39 is 18.2 Å². The fourth-order valence-corrected chi connectivity index (χ4v) is 2.18. The largest absolute Gasteiger partial charge is 0.395 e. The lowest BCUT2D eigenvalue weighted by molar-refractivity contribution is 0.00392. The van der Waals surface area contributed by atoms with E-state index in [1.54, 1.807) is 0 Å². The first-order valence-corrected chi connectivity index (χ1v) is 7.03. The van der Waals surface area contributed by atoms with E-state index in [1.165, 1.54) is 0 Å². The van der Waals surface area contributed by atoms with Crippen LogP contribution in [0.25, 0.3) is 11.2 Å². The maximum absolute atomic E-state index is 13.2. The van der Waals surface area contributed by atoms with Gasteiger partial charge in [-0.05, 0) is 0 Å². The maximum atomic E-state index is 13.2. The van der Waals surface area contributed by atoms with Crippen molar-refractivity contribution in [3.05, 3.63) is 15.6 Å². The van der Waals surface area contributed by atoms with E-state index in [0.29, 0.717) is 6.92 Å². The lowest BCUT2D eigenvalue weighted by Gasteiger charge is -2.10. The molecule has 0 amide bonds. The standard InChI is InChI=1S/C10H12ClF2N5O2.C2H6/c1-10(12,13)4-18-5-6(11)15-8(14)16-7(5)17(2-3-19)9(18)20;1-2/h19H,2-4H2,1H3,(H2,14,15,16);1-2H3. The van der Waals surface area contributed by atoms with Crippen molar-refractivity contribution in [3.8, 4) is 0 Å². The van der Waals surface area contributed by atoms with E-state index in [-0.39, 0.29) is 35.4 Å². The second-order valence-corrected chi connectivity index (χ2v) is 4.72. The minimum absolute atomic E-state index is 0.0193. The van der Waals surface area contributed by atoms with Crippen LogP contribution in [0.3, 0.4) is 0 Å². The molecule has 10 heteroatoms. The normalized spacial score (nSPS) is 11.4. The Balaban J connectivity index is 0.00000116. The van der Waals surface area contributed by atoms with Crippen LogP contribution < -0.4 is 11.4 Å². The van der Waals surface area contributed by atoms with Crippen LogP contribution >= 0.6 is 11.6 Å². The molecule has 7 nitrogen and oxygen atoms in total. The number of aliphatic hydroxyl groups is 1. The Labute approximate surface area is 130 Å². The third-order valence-corrected chi connectivity index (χ3v) is 2.85. The molecule has 0 fully saturated rings. The van der Waals surface area contributed by atoms with Crippen LogP contribution in [-0.4, -0.2) is 36.7 Å². The number of halogens is 3. The number of nitrogens with zero attached hydrogens (tertiary/aromatic N) is 4. The molecule has 0 radical (unpaired) electrons. The molecular weight excluding hydrogens is 320 g/mol. The predicted molar refractivity (Wildman–Crippen MR) is 80.3 cm³/mol. The van der Waals surface area contributed by atoms with Crippen LogP contribution in [0.4, 0.5) is 14.7 Å². The van der Waals surface area contributed by atoms with Gasteiger partial charge in [-0.1, -0.05) is 25.4 Å². The zero-order chi connectivity index (χ0) is 17.1. The monoisotopic (exact) mass is 337 g/mol. The van der Waals surface area contributed by atoms with Gasteiger partial charge in [-0.15, -0.1) is 0 Å². The molecule has 0 aromatic carbocycles. The number of nitrogens with two attached hydrogens (primary N) is 1. The molecule has 2 aromatic rings. The molecule has 0 spiro atoms. The summed E-state index contributed by atoms with van der Waals surface area (Å²) in [5.41, 5.74) is 4.67. The number of aliphatic hydroxyl groups excluding tert-OH is 1. The van der Waals surface area contributed by atoms with Gasteiger partial charge in [0.05, 0.1) is 19.7 Å². The average molecular weight is 338 g/mol. The van der Waals surface area contributed by atoms with Gasteiger partial charge in [-0.3, -0.25) is 9.13 Å². The van der Waals surface area contributed by atoms with Gasteiger partial charge < -0.3 is 10.8 Å². The van der Waals surface area contributed by atoms with Gasteiger partial charge in [0.15, 0.2) is 10.8 Å². The quantitative estimate of drug-likeness (QED) is 0.824. The molecule has 2 heterocycles. The molecule has 0 aliphatic carbocycles. The van der Waals surface area contributed by atoms with E-state index in [0.717, 1.165) is 9.13 Å². The van der Waals surface area contributed by atoms with Crippen LogP contribution in [-0.2, 0) is 13.1 Å². The smallest absolute Gasteiger partial charge is 0.330 e. The van der Waals surface area contributed by atoms with E-state index in [4.69, 9.17) is 22.4 Å². The van der Waals surface area contributed by atoms with E-state index in [2.05, 4.69) is 9.97 Å². The fourth-order valence-electron chi connectivity index (χ4n) is 1.91. The van der Waals surface area contributed by atoms with Crippen molar-refractivity contribution >= 4 is 28.7 Å². The molecule has 0 saturated heterocycles. The molecule has 0 unspecified atom stereocenters. The molecule has 0 atom stereocenters. The van der Waals surface area contributed by atoms with Crippen LogP contribution in [0.5, 0.6) is 0 Å². The Hall–Kier alpha value is -1.74. The van der Waals surface area contributed by atoms with Crippen LogP contribution in [0, 0.1) is 0 Å². The number of imidazole rings is 1. The van der Waals surface area contributed by atoms with Gasteiger partial charge in [-0.25, -0.2) is 13.6 Å². The van der Waals surface area contributed by atoms with Gasteiger partial charge in [0.2, 0.25) is 5.95 Å². The predicted octanol–water partition coefficient (Wildman–Crippen LogP) is 1.50. The number of hydrogen-bond acceptors (Lipinski definition) is 5. The number of fused-ring (bicyclic) bond motifs is 1. The summed E-state index contributed by atoms with van der Waals surface area (Å²) < 4.78 is 28.2. The lowest BCUT2D eigenvalue weighted by atomic mass is 10.4. The van der Waals surface area contributed by atoms with Crippen LogP contribution in [0.2, 0.25) is 5.15 Å². The first-order valence-electron chi connectivity index (χ1n) is 6.65. The highest BCUT2D eigenvalue weighted by molar-refractivity contribution is 6.33. The van der Waals surface area contributed by atoms with Crippen molar-refractivity contribution in [3.63, 3.8) is 0 Å². The van der Waals surface area contributed by atoms with Gasteiger partial charge in [0, 0.05) is 6.92 Å². The number of rotatable bonds is 4. The molecule has 0 aliphatic heterocycles. The number of nitrogen functional groups attached to an aromatic ring is 1. The summed E-state index contributed by atoms with van der Waals surface area (Å²) >= 11 is 5.87. The van der Waals surface area contributed by atoms with Crippen molar-refractivity contribution in [2.45, 2.75) is 39.8 Å². The fraction of sp³-hybridized carbons (Fsp3) is 0.583. The first kappa shape index (κ1) is 18.3. The second-order valence-electron chi connectivity index (χ2n) is 4.36. The Kier molecular flexibility index (Phi) is 5.84. The molecule has 0 saturated carbocycles. The van der Waals surface area contributed by atoms with Crippen molar-refractivity contribution < 1.29 is 13.9 Å². The average Bonchev–Trinajstić information content (AvgIpc) is 2.65. The highest BCUT2D eigenvalue weighted by Gasteiger charge is 2.27. The summed E-state index contributed by atoms with van der Waals surface area (Å²) in [6.45, 7) is 3.35. The zero-order valence-corrected chi connectivity index (χ0v) is 13.2. The number of aromatic nitrogens is 4. The molecular formula is C12H18ClF2N5O2. The van der Waals surface area contributed by atoms with Crippen LogP contribution in [0.1, 0.15) is 20.8 Å². The highest BCUT2D eigenvalue weighted by Crippen LogP contribution is 2.23. The first-order chi connectivity index (χ1) is 10.2. The Morgan fingerprint density at radius 1 is 1.32 bits per heavy atom. The van der Waals surface area contributed by atoms with Gasteiger partial charge in [0.1, 0.15) is 5.52 Å². The van der Waals surface area contributed by atoms with Crippen molar-refractivity contribution in [2.75, 3.05) is 12.3 Å². The minimum Gasteiger partial charge on any atom is -0.395 e. The van der Waals surface area contributed by atoms with Crippen molar-refractivity contribution in [1.82, 2.24) is 19.1 Å². The Bertz CT molecular complexity index is 708. The Morgan fingerprint density at radius 3 is 2.41 bits per heavy atom. The minimum atomic E-state index is -3.12. The molecule has 0 bridgehead atoms. The number of anilines is 1. The molecule has 2 rings (SSSR count). The van der Waals surface area contributed by atoms with Crippen molar-refractivity contribution in [2.24, 2.45) is 0 Å². The maximum Gasteiger partial charge on any atom is 0.330 e. The highest BCUT2D eigenvalue weighted by atomic mass is 35.5. The summed E-state index contributed by atoms with van der Waals surface area (Å²) in [6, 6.07) is 0. The zero-order valence-electron chi connectivity index (χ0n) is 12.5.